The molecule has 0 amide bonds. The van der Waals surface area contributed by atoms with Gasteiger partial charge in [-0.1, -0.05) is 19.9 Å². The lowest BCUT2D eigenvalue weighted by Gasteiger charge is -2.22. The molecule has 98 valence electrons. The number of anilines is 1. The molecule has 1 aromatic heterocycles. The van der Waals surface area contributed by atoms with Crippen LogP contribution in [0.1, 0.15) is 32.3 Å². The Morgan fingerprint density at radius 3 is 2.94 bits per heavy atom. The Bertz CT molecular complexity index is 396. The summed E-state index contributed by atoms with van der Waals surface area (Å²) >= 11 is 0. The van der Waals surface area contributed by atoms with Crippen LogP contribution in [0.15, 0.2) is 31.0 Å². The first-order valence-corrected chi connectivity index (χ1v) is 6.76. The summed E-state index contributed by atoms with van der Waals surface area (Å²) in [7, 11) is 0. The first-order valence-electron chi connectivity index (χ1n) is 6.76. The van der Waals surface area contributed by atoms with Crippen molar-refractivity contribution < 1.29 is 0 Å². The van der Waals surface area contributed by atoms with Gasteiger partial charge in [0.1, 0.15) is 5.82 Å². The maximum Gasteiger partial charge on any atom is 0.129 e. The lowest BCUT2D eigenvalue weighted by Crippen LogP contribution is -2.27. The van der Waals surface area contributed by atoms with Crippen molar-refractivity contribution >= 4 is 5.82 Å². The number of pyridine rings is 1. The van der Waals surface area contributed by atoms with Gasteiger partial charge in [0.2, 0.25) is 0 Å². The number of rotatable bonds is 7. The van der Waals surface area contributed by atoms with Gasteiger partial charge in [-0.25, -0.2) is 4.98 Å². The first-order chi connectivity index (χ1) is 8.70. The van der Waals surface area contributed by atoms with E-state index in [1.54, 1.807) is 0 Å². The van der Waals surface area contributed by atoms with Crippen LogP contribution in [0, 0.1) is 0 Å². The van der Waals surface area contributed by atoms with Gasteiger partial charge in [-0.2, -0.15) is 0 Å². The van der Waals surface area contributed by atoms with E-state index in [1.807, 2.05) is 12.3 Å². The number of hydrogen-bond acceptors (Lipinski definition) is 3. The molecule has 0 bridgehead atoms. The Balaban J connectivity index is 2.06. The summed E-state index contributed by atoms with van der Waals surface area (Å²) in [6.07, 6.45) is 6.43. The number of hydrogen-bond donors (Lipinski definition) is 1. The molecule has 1 heterocycles. The lowest BCUT2D eigenvalue weighted by atomic mass is 10.2. The smallest absolute Gasteiger partial charge is 0.129 e. The van der Waals surface area contributed by atoms with E-state index >= 15 is 0 Å². The van der Waals surface area contributed by atoms with Crippen LogP contribution in [0.3, 0.4) is 0 Å². The molecule has 0 aromatic carbocycles. The highest BCUT2D eigenvalue weighted by Crippen LogP contribution is 2.30. The quantitative estimate of drug-likeness (QED) is 0.749. The van der Waals surface area contributed by atoms with E-state index in [2.05, 4.69) is 47.8 Å². The van der Waals surface area contributed by atoms with Gasteiger partial charge >= 0.3 is 0 Å². The van der Waals surface area contributed by atoms with Crippen molar-refractivity contribution in [2.75, 3.05) is 11.4 Å². The van der Waals surface area contributed by atoms with Gasteiger partial charge < -0.3 is 10.2 Å². The van der Waals surface area contributed by atoms with Gasteiger partial charge in [0, 0.05) is 31.4 Å². The van der Waals surface area contributed by atoms with Gasteiger partial charge in [0.25, 0.3) is 0 Å². The Morgan fingerprint density at radius 2 is 2.33 bits per heavy atom. The zero-order valence-electron chi connectivity index (χ0n) is 11.4. The van der Waals surface area contributed by atoms with Crippen molar-refractivity contribution in [1.82, 2.24) is 10.3 Å². The largest absolute Gasteiger partial charge is 0.350 e. The van der Waals surface area contributed by atoms with E-state index in [9.17, 15) is 0 Å². The summed E-state index contributed by atoms with van der Waals surface area (Å²) in [5, 5.41) is 3.44. The lowest BCUT2D eigenvalue weighted by molar-refractivity contribution is 0.588. The standard InChI is InChI=1S/C15H23N3/c1-4-9-18(14-5-6-14)15-10-13(7-8-16-15)11-17-12(2)3/h4,7-8,10,12,14,17H,1,5-6,9,11H2,2-3H3. The molecule has 18 heavy (non-hydrogen) atoms. The average molecular weight is 245 g/mol. The second kappa shape index (κ2) is 6.01. The van der Waals surface area contributed by atoms with Crippen LogP contribution in [0.4, 0.5) is 5.82 Å². The van der Waals surface area contributed by atoms with Crippen molar-refractivity contribution in [3.8, 4) is 0 Å². The zero-order chi connectivity index (χ0) is 13.0. The minimum atomic E-state index is 0.509. The molecule has 1 fully saturated rings. The van der Waals surface area contributed by atoms with Crippen molar-refractivity contribution in [2.45, 2.75) is 45.3 Å². The fourth-order valence-electron chi connectivity index (χ4n) is 2.00. The van der Waals surface area contributed by atoms with Crippen LogP contribution in [0.25, 0.3) is 0 Å². The Morgan fingerprint density at radius 1 is 1.56 bits per heavy atom. The average Bonchev–Trinajstić information content (AvgIpc) is 3.18. The van der Waals surface area contributed by atoms with Crippen molar-refractivity contribution in [3.63, 3.8) is 0 Å². The van der Waals surface area contributed by atoms with Crippen molar-refractivity contribution in [2.24, 2.45) is 0 Å². The fraction of sp³-hybridized carbons (Fsp3) is 0.533. The van der Waals surface area contributed by atoms with Gasteiger partial charge in [0.05, 0.1) is 0 Å². The maximum absolute atomic E-state index is 4.50. The summed E-state index contributed by atoms with van der Waals surface area (Å²) in [6, 6.07) is 5.45. The van der Waals surface area contributed by atoms with Crippen LogP contribution < -0.4 is 10.2 Å². The summed E-state index contributed by atoms with van der Waals surface area (Å²) in [4.78, 5) is 6.85. The molecule has 0 radical (unpaired) electrons. The summed E-state index contributed by atoms with van der Waals surface area (Å²) in [5.41, 5.74) is 1.29. The molecule has 1 aliphatic rings. The number of nitrogens with zero attached hydrogens (tertiary/aromatic N) is 2. The van der Waals surface area contributed by atoms with E-state index in [0.717, 1.165) is 18.9 Å². The van der Waals surface area contributed by atoms with Gasteiger partial charge in [-0.15, -0.1) is 6.58 Å². The summed E-state index contributed by atoms with van der Waals surface area (Å²) in [6.45, 7) is 9.95. The molecular formula is C15H23N3. The Kier molecular flexibility index (Phi) is 4.37. The van der Waals surface area contributed by atoms with Crippen LogP contribution >= 0.6 is 0 Å². The highest BCUT2D eigenvalue weighted by atomic mass is 15.2. The third kappa shape index (κ3) is 3.57. The molecule has 1 N–H and O–H groups in total. The van der Waals surface area contributed by atoms with Crippen LogP contribution in [0.2, 0.25) is 0 Å². The molecule has 0 atom stereocenters. The molecule has 1 aromatic rings. The summed E-state index contributed by atoms with van der Waals surface area (Å²) < 4.78 is 0. The predicted octanol–water partition coefficient (Wildman–Crippen LogP) is 2.73. The fourth-order valence-corrected chi connectivity index (χ4v) is 2.00. The van der Waals surface area contributed by atoms with Gasteiger partial charge in [0.15, 0.2) is 0 Å². The Labute approximate surface area is 110 Å². The molecule has 0 unspecified atom stereocenters. The molecule has 3 nitrogen and oxygen atoms in total. The maximum atomic E-state index is 4.50. The topological polar surface area (TPSA) is 28.2 Å². The molecular weight excluding hydrogens is 222 g/mol. The van der Waals surface area contributed by atoms with E-state index < -0.39 is 0 Å². The molecule has 2 rings (SSSR count). The van der Waals surface area contributed by atoms with Gasteiger partial charge in [-0.3, -0.25) is 0 Å². The molecule has 1 aliphatic carbocycles. The summed E-state index contributed by atoms with van der Waals surface area (Å²) in [5.74, 6) is 1.08. The van der Waals surface area contributed by atoms with Crippen molar-refractivity contribution in [3.05, 3.63) is 36.5 Å². The van der Waals surface area contributed by atoms with Gasteiger partial charge in [-0.05, 0) is 30.5 Å². The minimum absolute atomic E-state index is 0.509. The monoisotopic (exact) mass is 245 g/mol. The zero-order valence-corrected chi connectivity index (χ0v) is 11.4. The van der Waals surface area contributed by atoms with Crippen LogP contribution in [-0.4, -0.2) is 23.6 Å². The highest BCUT2D eigenvalue weighted by Gasteiger charge is 2.29. The highest BCUT2D eigenvalue weighted by molar-refractivity contribution is 5.44. The number of nitrogens with one attached hydrogen (secondary N) is 1. The van der Waals surface area contributed by atoms with E-state index in [0.29, 0.717) is 12.1 Å². The second-order valence-electron chi connectivity index (χ2n) is 5.23. The number of aromatic nitrogens is 1. The normalized spacial score (nSPS) is 14.8. The second-order valence-corrected chi connectivity index (χ2v) is 5.23. The third-order valence-corrected chi connectivity index (χ3v) is 3.13. The first kappa shape index (κ1) is 13.1. The predicted molar refractivity (Wildman–Crippen MR) is 76.8 cm³/mol. The SMILES string of the molecule is C=CCN(c1cc(CNC(C)C)ccn1)C1CC1. The molecule has 0 spiro atoms. The van der Waals surface area contributed by atoms with E-state index in [1.165, 1.54) is 18.4 Å². The van der Waals surface area contributed by atoms with Crippen LogP contribution in [-0.2, 0) is 6.54 Å². The molecule has 0 aliphatic heterocycles. The molecule has 1 saturated carbocycles. The Hall–Kier alpha value is -1.35. The van der Waals surface area contributed by atoms with E-state index in [-0.39, 0.29) is 0 Å². The van der Waals surface area contributed by atoms with E-state index in [4.69, 9.17) is 0 Å². The van der Waals surface area contributed by atoms with Crippen LogP contribution in [0.5, 0.6) is 0 Å². The third-order valence-electron chi connectivity index (χ3n) is 3.13. The minimum Gasteiger partial charge on any atom is -0.350 e. The van der Waals surface area contributed by atoms with Crippen molar-refractivity contribution in [1.29, 1.82) is 0 Å². The molecule has 0 saturated heterocycles. The molecule has 3 heteroatoms.